The molecule has 0 aliphatic rings. The molecule has 1 rings (SSSR count). The number of benzene rings is 1. The maximum atomic E-state index is 12.2. The molecule has 1 aromatic rings. The first-order valence-corrected chi connectivity index (χ1v) is 7.11. The molecule has 3 heteroatoms. The maximum Gasteiger partial charge on any atom is 0.241 e. The van der Waals surface area contributed by atoms with Crippen molar-refractivity contribution in [1.29, 1.82) is 0 Å². The standard InChI is InChI=1S/C16H26N2O/c1-6-10-17-13(5)16(19)18-15-12(4)8-7-9-14(15)11(2)3/h7-9,11,13,17H,6,10H2,1-5H3,(H,18,19). The van der Waals surface area contributed by atoms with Gasteiger partial charge in [0.1, 0.15) is 0 Å². The molecule has 2 N–H and O–H groups in total. The average Bonchev–Trinajstić information content (AvgIpc) is 2.37. The second-order valence-corrected chi connectivity index (χ2v) is 5.36. The highest BCUT2D eigenvalue weighted by atomic mass is 16.2. The van der Waals surface area contributed by atoms with E-state index in [0.29, 0.717) is 5.92 Å². The number of rotatable bonds is 6. The maximum absolute atomic E-state index is 12.2. The number of anilines is 1. The van der Waals surface area contributed by atoms with Crippen molar-refractivity contribution >= 4 is 11.6 Å². The third kappa shape index (κ3) is 4.35. The number of amides is 1. The van der Waals surface area contributed by atoms with Crippen LogP contribution in [0, 0.1) is 6.92 Å². The molecule has 1 amide bonds. The zero-order valence-corrected chi connectivity index (χ0v) is 12.7. The first kappa shape index (κ1) is 15.7. The van der Waals surface area contributed by atoms with Crippen LogP contribution in [0.4, 0.5) is 5.69 Å². The average molecular weight is 262 g/mol. The summed E-state index contributed by atoms with van der Waals surface area (Å²) in [5.74, 6) is 0.429. The molecular formula is C16H26N2O. The topological polar surface area (TPSA) is 41.1 Å². The van der Waals surface area contributed by atoms with Crippen LogP contribution in [-0.2, 0) is 4.79 Å². The lowest BCUT2D eigenvalue weighted by Gasteiger charge is -2.19. The highest BCUT2D eigenvalue weighted by Gasteiger charge is 2.16. The summed E-state index contributed by atoms with van der Waals surface area (Å²) in [4.78, 5) is 12.2. The van der Waals surface area contributed by atoms with Crippen molar-refractivity contribution in [2.24, 2.45) is 0 Å². The Morgan fingerprint density at radius 1 is 1.26 bits per heavy atom. The lowest BCUT2D eigenvalue weighted by Crippen LogP contribution is -2.38. The molecule has 0 radical (unpaired) electrons. The quantitative estimate of drug-likeness (QED) is 0.824. The number of carbonyl (C=O) groups is 1. The second kappa shape index (κ2) is 7.29. The van der Waals surface area contributed by atoms with Gasteiger partial charge in [-0.25, -0.2) is 0 Å². The van der Waals surface area contributed by atoms with Gasteiger partial charge in [0.25, 0.3) is 0 Å². The zero-order valence-electron chi connectivity index (χ0n) is 12.7. The van der Waals surface area contributed by atoms with Crippen molar-refractivity contribution in [3.63, 3.8) is 0 Å². The minimum Gasteiger partial charge on any atom is -0.324 e. The fourth-order valence-corrected chi connectivity index (χ4v) is 2.03. The fourth-order valence-electron chi connectivity index (χ4n) is 2.03. The largest absolute Gasteiger partial charge is 0.324 e. The van der Waals surface area contributed by atoms with Crippen molar-refractivity contribution in [3.05, 3.63) is 29.3 Å². The van der Waals surface area contributed by atoms with E-state index in [2.05, 4.69) is 37.5 Å². The molecule has 19 heavy (non-hydrogen) atoms. The van der Waals surface area contributed by atoms with E-state index in [1.165, 1.54) is 5.56 Å². The Kier molecular flexibility index (Phi) is 6.03. The fraction of sp³-hybridized carbons (Fsp3) is 0.562. The van der Waals surface area contributed by atoms with Gasteiger partial charge >= 0.3 is 0 Å². The van der Waals surface area contributed by atoms with Crippen molar-refractivity contribution in [2.75, 3.05) is 11.9 Å². The summed E-state index contributed by atoms with van der Waals surface area (Å²) < 4.78 is 0. The first-order valence-electron chi connectivity index (χ1n) is 7.11. The number of para-hydroxylation sites is 1. The Morgan fingerprint density at radius 2 is 1.95 bits per heavy atom. The smallest absolute Gasteiger partial charge is 0.241 e. The number of nitrogens with one attached hydrogen (secondary N) is 2. The summed E-state index contributed by atoms with van der Waals surface area (Å²) in [6.07, 6.45) is 1.03. The van der Waals surface area contributed by atoms with Crippen molar-refractivity contribution in [2.45, 2.75) is 53.0 Å². The SMILES string of the molecule is CCCNC(C)C(=O)Nc1c(C)cccc1C(C)C. The summed E-state index contributed by atoms with van der Waals surface area (Å²) in [6.45, 7) is 11.2. The molecule has 3 nitrogen and oxygen atoms in total. The molecule has 0 heterocycles. The van der Waals surface area contributed by atoms with Crippen LogP contribution in [0.2, 0.25) is 0 Å². The summed E-state index contributed by atoms with van der Waals surface area (Å²) in [5, 5.41) is 6.28. The Morgan fingerprint density at radius 3 is 2.53 bits per heavy atom. The van der Waals surface area contributed by atoms with Crippen LogP contribution in [0.3, 0.4) is 0 Å². The van der Waals surface area contributed by atoms with Gasteiger partial charge in [0.2, 0.25) is 5.91 Å². The molecule has 106 valence electrons. The van der Waals surface area contributed by atoms with Gasteiger partial charge in [-0.05, 0) is 43.9 Å². The lowest BCUT2D eigenvalue weighted by molar-refractivity contribution is -0.117. The summed E-state index contributed by atoms with van der Waals surface area (Å²) in [5.41, 5.74) is 3.27. The van der Waals surface area contributed by atoms with Gasteiger partial charge in [-0.1, -0.05) is 39.0 Å². The molecule has 0 saturated heterocycles. The lowest BCUT2D eigenvalue weighted by atomic mass is 9.98. The van der Waals surface area contributed by atoms with E-state index in [1.54, 1.807) is 0 Å². The van der Waals surface area contributed by atoms with Gasteiger partial charge in [-0.2, -0.15) is 0 Å². The molecule has 0 aromatic heterocycles. The van der Waals surface area contributed by atoms with Crippen LogP contribution in [-0.4, -0.2) is 18.5 Å². The van der Waals surface area contributed by atoms with Crippen molar-refractivity contribution < 1.29 is 4.79 Å². The Balaban J connectivity index is 2.84. The molecule has 0 saturated carbocycles. The third-order valence-electron chi connectivity index (χ3n) is 3.27. The van der Waals surface area contributed by atoms with Gasteiger partial charge in [-0.15, -0.1) is 0 Å². The van der Waals surface area contributed by atoms with E-state index >= 15 is 0 Å². The van der Waals surface area contributed by atoms with Crippen LogP contribution in [0.15, 0.2) is 18.2 Å². The molecular weight excluding hydrogens is 236 g/mol. The van der Waals surface area contributed by atoms with Gasteiger partial charge in [-0.3, -0.25) is 4.79 Å². The number of carbonyl (C=O) groups excluding carboxylic acids is 1. The van der Waals surface area contributed by atoms with Gasteiger partial charge < -0.3 is 10.6 Å². The first-order chi connectivity index (χ1) is 8.97. The van der Waals surface area contributed by atoms with Crippen LogP contribution in [0.1, 0.15) is 51.2 Å². The van der Waals surface area contributed by atoms with E-state index in [-0.39, 0.29) is 11.9 Å². The Labute approximate surface area is 116 Å². The monoisotopic (exact) mass is 262 g/mol. The van der Waals surface area contributed by atoms with E-state index in [1.807, 2.05) is 26.0 Å². The van der Waals surface area contributed by atoms with Crippen LogP contribution in [0.25, 0.3) is 0 Å². The predicted octanol–water partition coefficient (Wildman–Crippen LogP) is 3.45. The molecule has 0 aliphatic carbocycles. The molecule has 1 aromatic carbocycles. The van der Waals surface area contributed by atoms with E-state index < -0.39 is 0 Å². The van der Waals surface area contributed by atoms with E-state index in [0.717, 1.165) is 24.2 Å². The third-order valence-corrected chi connectivity index (χ3v) is 3.27. The minimum absolute atomic E-state index is 0.0321. The summed E-state index contributed by atoms with van der Waals surface area (Å²) >= 11 is 0. The molecule has 0 bridgehead atoms. The summed E-state index contributed by atoms with van der Waals surface area (Å²) in [7, 11) is 0. The highest BCUT2D eigenvalue weighted by molar-refractivity contribution is 5.96. The van der Waals surface area contributed by atoms with Crippen molar-refractivity contribution in [3.8, 4) is 0 Å². The predicted molar refractivity (Wildman–Crippen MR) is 81.7 cm³/mol. The molecule has 0 fully saturated rings. The molecule has 0 spiro atoms. The minimum atomic E-state index is -0.167. The van der Waals surface area contributed by atoms with Crippen LogP contribution in [0.5, 0.6) is 0 Å². The van der Waals surface area contributed by atoms with Crippen molar-refractivity contribution in [1.82, 2.24) is 5.32 Å². The van der Waals surface area contributed by atoms with Crippen LogP contribution >= 0.6 is 0 Å². The Bertz CT molecular complexity index is 427. The number of aryl methyl sites for hydroxylation is 1. The van der Waals surface area contributed by atoms with Gasteiger partial charge in [0.05, 0.1) is 6.04 Å². The molecule has 0 aliphatic heterocycles. The van der Waals surface area contributed by atoms with Crippen LogP contribution < -0.4 is 10.6 Å². The van der Waals surface area contributed by atoms with E-state index in [4.69, 9.17) is 0 Å². The zero-order chi connectivity index (χ0) is 14.4. The summed E-state index contributed by atoms with van der Waals surface area (Å²) in [6, 6.07) is 5.99. The normalized spacial score (nSPS) is 12.5. The van der Waals surface area contributed by atoms with Gasteiger partial charge in [0.15, 0.2) is 0 Å². The van der Waals surface area contributed by atoms with Gasteiger partial charge in [0, 0.05) is 5.69 Å². The number of hydrogen-bond donors (Lipinski definition) is 2. The highest BCUT2D eigenvalue weighted by Crippen LogP contribution is 2.27. The van der Waals surface area contributed by atoms with E-state index in [9.17, 15) is 4.79 Å². The molecule has 1 unspecified atom stereocenters. The molecule has 1 atom stereocenters. The number of hydrogen-bond acceptors (Lipinski definition) is 2. The Hall–Kier alpha value is -1.35. The second-order valence-electron chi connectivity index (χ2n) is 5.36.